The molecule has 2 fully saturated rings. The summed E-state index contributed by atoms with van der Waals surface area (Å²) in [5.74, 6) is 3.84. The van der Waals surface area contributed by atoms with Gasteiger partial charge in [0.25, 0.3) is 0 Å². The van der Waals surface area contributed by atoms with Gasteiger partial charge in [0.05, 0.1) is 30.3 Å². The van der Waals surface area contributed by atoms with Crippen LogP contribution in [0.4, 0.5) is 72.4 Å². The lowest BCUT2D eigenvalue weighted by atomic mass is 10.1. The topological polar surface area (TPSA) is 225 Å². The lowest BCUT2D eigenvalue weighted by Gasteiger charge is -2.20. The molecule has 0 amide bonds. The molecule has 0 radical (unpaired) electrons. The average Bonchev–Trinajstić information content (AvgIpc) is 1.29. The summed E-state index contributed by atoms with van der Waals surface area (Å²) in [4.78, 5) is 70.6. The van der Waals surface area contributed by atoms with Gasteiger partial charge in [0.1, 0.15) is 56.7 Å². The van der Waals surface area contributed by atoms with Crippen molar-refractivity contribution in [1.82, 2.24) is 38.2 Å². The number of ether oxygens (including phenoxy) is 4. The fourth-order valence-electron chi connectivity index (χ4n) is 13.9. The molecule has 0 saturated heterocycles. The number of nitrogens with one attached hydrogen (secondary N) is 4. The largest absolute Gasteiger partial charge is 0.492 e. The molecule has 8 aromatic carbocycles. The summed E-state index contributed by atoms with van der Waals surface area (Å²) in [6.45, 7) is 8.81. The highest BCUT2D eigenvalue weighted by Crippen LogP contribution is 2.40. The predicted molar refractivity (Wildman–Crippen MR) is 471 cm³/mol. The molecule has 26 heteroatoms. The number of benzene rings is 8. The Kier molecular flexibility index (Phi) is 24.9. The van der Waals surface area contributed by atoms with Gasteiger partial charge in [-0.05, 0) is 169 Å². The number of para-hydroxylation sites is 8. The van der Waals surface area contributed by atoms with Crippen molar-refractivity contribution >= 4 is 90.2 Å². The quantitative estimate of drug-likeness (QED) is 0.0463. The van der Waals surface area contributed by atoms with E-state index in [-0.39, 0.29) is 45.3 Å². The highest BCUT2D eigenvalue weighted by atomic mass is 19.4. The van der Waals surface area contributed by atoms with E-state index in [0.717, 1.165) is 58.7 Å². The second-order valence-corrected chi connectivity index (χ2v) is 29.9. The number of fused-ring (bicyclic) bond motifs is 4. The van der Waals surface area contributed by atoms with Crippen molar-refractivity contribution in [3.05, 3.63) is 355 Å². The fraction of sp³-hybridized carbons (Fsp3) is 0.175. The van der Waals surface area contributed by atoms with E-state index >= 15 is 0 Å². The lowest BCUT2D eigenvalue weighted by molar-refractivity contribution is -0.153. The van der Waals surface area contributed by atoms with Gasteiger partial charge in [0.15, 0.2) is 50.9 Å². The van der Waals surface area contributed by atoms with Gasteiger partial charge >= 0.3 is 12.4 Å². The summed E-state index contributed by atoms with van der Waals surface area (Å²) in [6.07, 6.45) is -4.97. The van der Waals surface area contributed by atoms with Crippen LogP contribution in [0.15, 0.2) is 310 Å². The maximum Gasteiger partial charge on any atom is 0.422 e. The van der Waals surface area contributed by atoms with Crippen LogP contribution in [0.25, 0.3) is 66.9 Å². The van der Waals surface area contributed by atoms with Crippen molar-refractivity contribution in [3.8, 4) is 45.9 Å². The number of aromatic nitrogens is 8. The Morgan fingerprint density at radius 2 is 0.626 bits per heavy atom. The molecule has 0 spiro atoms. The number of anilines is 8. The SMILES string of the molecule is Cc1cc(OC(C)C)c2c(=O)cc(Nc3ccccc3)n(-c3ccccc3)c2n1.Cc1cc(OCC(F)(F)F)c2c(=O)cc(Nc3ccccc3)n(-c3ccccc3)c2n1.Cc1cc(OCC2CC2)c2c(=O)cc(Nc3ccccc3)n(-c3ccccc3)c2n1.O=c1cc(Nc2ccccc2)n(-c2ccccc2)c2nc(OCC3CC3)cc(C(F)(F)F)c12. The van der Waals surface area contributed by atoms with Gasteiger partial charge in [-0.2, -0.15) is 31.3 Å². The van der Waals surface area contributed by atoms with Crippen molar-refractivity contribution in [1.29, 1.82) is 0 Å². The summed E-state index contributed by atoms with van der Waals surface area (Å²) in [5.41, 5.74) is 7.00. The minimum absolute atomic E-state index is 0.0164. The summed E-state index contributed by atoms with van der Waals surface area (Å²) in [5, 5.41) is 13.6. The third-order valence-electron chi connectivity index (χ3n) is 19.8. The number of rotatable bonds is 22. The molecule has 16 aromatic rings. The summed E-state index contributed by atoms with van der Waals surface area (Å²) in [7, 11) is 0. The number of hydrogen-bond acceptors (Lipinski definition) is 16. The highest BCUT2D eigenvalue weighted by molar-refractivity contribution is 5.90. The summed E-state index contributed by atoms with van der Waals surface area (Å²) in [6, 6.07) is 87.3. The summed E-state index contributed by atoms with van der Waals surface area (Å²) < 4.78 is 110. The van der Waals surface area contributed by atoms with Gasteiger partial charge in [-0.15, -0.1) is 0 Å². The number of nitrogens with zero attached hydrogens (tertiary/aromatic N) is 8. The van der Waals surface area contributed by atoms with Crippen LogP contribution in [0.3, 0.4) is 0 Å². The van der Waals surface area contributed by atoms with E-state index in [2.05, 4.69) is 31.2 Å². The Balaban J connectivity index is 0.000000127. The van der Waals surface area contributed by atoms with E-state index in [4.69, 9.17) is 28.9 Å². The first-order valence-electron chi connectivity index (χ1n) is 40.0. The van der Waals surface area contributed by atoms with Crippen LogP contribution in [0.2, 0.25) is 0 Å². The van der Waals surface area contributed by atoms with Crippen molar-refractivity contribution in [3.63, 3.8) is 0 Å². The number of halogens is 6. The number of aryl methyl sites for hydroxylation is 3. The van der Waals surface area contributed by atoms with Crippen molar-refractivity contribution in [2.45, 2.75) is 78.8 Å². The molecular formula is C97H84F6N12O8. The van der Waals surface area contributed by atoms with Gasteiger partial charge in [0, 0.05) is 111 Å². The molecule has 622 valence electrons. The van der Waals surface area contributed by atoms with E-state index in [1.165, 1.54) is 35.6 Å². The van der Waals surface area contributed by atoms with Crippen molar-refractivity contribution in [2.24, 2.45) is 11.8 Å². The molecule has 2 saturated carbocycles. The molecule has 0 bridgehead atoms. The zero-order valence-corrected chi connectivity index (χ0v) is 67.5. The zero-order chi connectivity index (χ0) is 85.9. The average molecular weight is 1660 g/mol. The lowest BCUT2D eigenvalue weighted by Crippen LogP contribution is -2.21. The first-order valence-corrected chi connectivity index (χ1v) is 40.0. The molecule has 2 aliphatic carbocycles. The monoisotopic (exact) mass is 1660 g/mol. The van der Waals surface area contributed by atoms with Gasteiger partial charge in [-0.25, -0.2) is 15.0 Å². The Morgan fingerprint density at radius 3 is 0.927 bits per heavy atom. The molecule has 18 rings (SSSR count). The molecule has 0 aliphatic heterocycles. The minimum atomic E-state index is -4.75. The van der Waals surface area contributed by atoms with Gasteiger partial charge < -0.3 is 40.2 Å². The molecular weight excluding hydrogens is 1580 g/mol. The summed E-state index contributed by atoms with van der Waals surface area (Å²) >= 11 is 0. The van der Waals surface area contributed by atoms with Crippen LogP contribution in [0, 0.1) is 32.6 Å². The molecule has 123 heavy (non-hydrogen) atoms. The van der Waals surface area contributed by atoms with Crippen LogP contribution < -0.4 is 61.9 Å². The van der Waals surface area contributed by atoms with Crippen LogP contribution >= 0.6 is 0 Å². The Labute approximate surface area is 702 Å². The molecule has 8 heterocycles. The van der Waals surface area contributed by atoms with Crippen LogP contribution in [-0.2, 0) is 6.18 Å². The Morgan fingerprint density at radius 1 is 0.350 bits per heavy atom. The second-order valence-electron chi connectivity index (χ2n) is 29.9. The first kappa shape index (κ1) is 83.2. The fourth-order valence-corrected chi connectivity index (χ4v) is 13.9. The number of pyridine rings is 8. The van der Waals surface area contributed by atoms with E-state index in [1.807, 2.05) is 249 Å². The smallest absolute Gasteiger partial charge is 0.422 e. The molecule has 0 atom stereocenters. The third-order valence-corrected chi connectivity index (χ3v) is 19.8. The van der Waals surface area contributed by atoms with E-state index in [0.29, 0.717) is 105 Å². The molecule has 2 aliphatic rings. The Hall–Kier alpha value is -14.8. The van der Waals surface area contributed by atoms with Gasteiger partial charge in [-0.1, -0.05) is 146 Å². The number of alkyl halides is 6. The normalized spacial score (nSPS) is 12.5. The molecule has 8 aromatic heterocycles. The van der Waals surface area contributed by atoms with Crippen LogP contribution in [0.1, 0.15) is 62.2 Å². The molecule has 20 nitrogen and oxygen atoms in total. The predicted octanol–water partition coefficient (Wildman–Crippen LogP) is 21.8. The van der Waals surface area contributed by atoms with Crippen molar-refractivity contribution < 1.29 is 45.3 Å². The first-order chi connectivity index (χ1) is 59.4. The minimum Gasteiger partial charge on any atom is -0.492 e. The molecule has 0 unspecified atom stereocenters. The van der Waals surface area contributed by atoms with E-state index in [1.54, 1.807) is 66.1 Å². The van der Waals surface area contributed by atoms with Gasteiger partial charge in [-0.3, -0.25) is 37.4 Å². The number of hydrogen-bond donors (Lipinski definition) is 4. The third kappa shape index (κ3) is 20.4. The van der Waals surface area contributed by atoms with Crippen molar-refractivity contribution in [2.75, 3.05) is 41.1 Å². The standard InChI is InChI=1S/C25H20F3N3O2.C25H23N3O2.C24H23N3O2.C23H18F3N3O2/c26-25(27,28)19-13-22(33-15-16-11-12-16)30-24-23(19)20(32)14-21(29-17-7-3-1-4-8-17)31(24)18-9-5-2-6-10-18;1-17-14-22(30-16-18-12-13-18)24-21(29)15-23(27-19-8-4-2-5-9-19)28(25(24)26-17)20-10-6-3-7-11-20;1-16(2)29-21-14-17(3)25-24-23(21)20(28)15-22(26-18-10-6-4-7-11-18)27(24)19-12-8-5-9-13-19;1-15-12-19(31-14-23(24,25)26)21-18(30)13-20(28-16-8-4-2-5-9-16)29(22(21)27-15)17-10-6-3-7-11-17/h1-10,13-14,16,29H,11-12,15H2;2-11,14-15,18,27H,12-13,16H2,1H3;4-16,26H,1-3H3;2-13,28H,14H2,1H3. The molecule has 4 N–H and O–H groups in total. The maximum absolute atomic E-state index is 14.0. The second kappa shape index (κ2) is 36.8. The van der Waals surface area contributed by atoms with E-state index < -0.39 is 40.8 Å². The van der Waals surface area contributed by atoms with Gasteiger partial charge in [0.2, 0.25) is 5.88 Å². The zero-order valence-electron chi connectivity index (χ0n) is 67.5. The highest BCUT2D eigenvalue weighted by Gasteiger charge is 2.37. The van der Waals surface area contributed by atoms with E-state index in [9.17, 15) is 45.5 Å². The van der Waals surface area contributed by atoms with Crippen LogP contribution in [-0.4, -0.2) is 70.3 Å². The maximum atomic E-state index is 14.0. The van der Waals surface area contributed by atoms with Crippen LogP contribution in [0.5, 0.6) is 23.1 Å². The Bertz CT molecular complexity index is 6690.